The molecule has 0 amide bonds. The van der Waals surface area contributed by atoms with E-state index in [0.29, 0.717) is 5.70 Å². The fourth-order valence-corrected chi connectivity index (χ4v) is 2.73. The Morgan fingerprint density at radius 1 is 1.59 bits per heavy atom. The van der Waals surface area contributed by atoms with Gasteiger partial charge in [0.1, 0.15) is 0 Å². The van der Waals surface area contributed by atoms with Crippen LogP contribution >= 0.6 is 11.3 Å². The molecule has 0 bridgehead atoms. The van der Waals surface area contributed by atoms with Crippen molar-refractivity contribution in [2.45, 2.75) is 6.92 Å². The molecule has 90 valence electrons. The standard InChI is InChI=1S/C9H9N3O3S2/c1-5-10-4-8(16-5)6-3-7(9(13)15-2)12-17(14)11-6/h3-4,11H,1-2H3. The minimum Gasteiger partial charge on any atom is -0.464 e. The Hall–Kier alpha value is -1.54. The van der Waals surface area contributed by atoms with Gasteiger partial charge in [0.15, 0.2) is 5.71 Å². The van der Waals surface area contributed by atoms with Gasteiger partial charge in [0.05, 0.1) is 22.7 Å². The van der Waals surface area contributed by atoms with E-state index in [2.05, 4.69) is 18.8 Å². The van der Waals surface area contributed by atoms with Gasteiger partial charge >= 0.3 is 5.97 Å². The number of rotatable bonds is 2. The van der Waals surface area contributed by atoms with E-state index in [0.717, 1.165) is 9.88 Å². The highest BCUT2D eigenvalue weighted by atomic mass is 32.2. The third kappa shape index (κ3) is 2.59. The molecule has 6 nitrogen and oxygen atoms in total. The predicted molar refractivity (Wildman–Crippen MR) is 65.6 cm³/mol. The largest absolute Gasteiger partial charge is 0.464 e. The monoisotopic (exact) mass is 271 g/mol. The molecule has 1 unspecified atom stereocenters. The van der Waals surface area contributed by atoms with Gasteiger partial charge in [-0.25, -0.2) is 14.0 Å². The van der Waals surface area contributed by atoms with Crippen LogP contribution in [-0.4, -0.2) is 28.0 Å². The van der Waals surface area contributed by atoms with Crippen LogP contribution in [0.2, 0.25) is 0 Å². The molecule has 0 spiro atoms. The number of nitrogens with one attached hydrogen (secondary N) is 1. The Morgan fingerprint density at radius 3 is 2.94 bits per heavy atom. The van der Waals surface area contributed by atoms with Gasteiger partial charge in [0, 0.05) is 6.20 Å². The third-order valence-electron chi connectivity index (χ3n) is 1.94. The summed E-state index contributed by atoms with van der Waals surface area (Å²) in [5, 5.41) is 0.885. The molecule has 0 fully saturated rings. The van der Waals surface area contributed by atoms with Gasteiger partial charge in [0.2, 0.25) is 11.2 Å². The van der Waals surface area contributed by atoms with Crippen molar-refractivity contribution >= 4 is 39.9 Å². The Labute approximate surface area is 104 Å². The predicted octanol–water partition coefficient (Wildman–Crippen LogP) is 0.588. The second-order valence-corrected chi connectivity index (χ2v) is 5.24. The van der Waals surface area contributed by atoms with Crippen molar-refractivity contribution in [1.29, 1.82) is 0 Å². The molecule has 0 saturated carbocycles. The topological polar surface area (TPSA) is 80.6 Å². The lowest BCUT2D eigenvalue weighted by Gasteiger charge is -2.11. The van der Waals surface area contributed by atoms with E-state index in [9.17, 15) is 9.00 Å². The number of esters is 1. The quantitative estimate of drug-likeness (QED) is 0.798. The van der Waals surface area contributed by atoms with Gasteiger partial charge in [-0.3, -0.25) is 4.72 Å². The summed E-state index contributed by atoms with van der Waals surface area (Å²) >= 11 is -0.232. The van der Waals surface area contributed by atoms with Crippen molar-refractivity contribution in [3.8, 4) is 0 Å². The zero-order valence-corrected chi connectivity index (χ0v) is 10.7. The van der Waals surface area contributed by atoms with Crippen LogP contribution in [0.15, 0.2) is 16.7 Å². The molecule has 1 aromatic rings. The molecule has 1 aromatic heterocycles. The van der Waals surface area contributed by atoms with Crippen molar-refractivity contribution in [2.75, 3.05) is 7.11 Å². The van der Waals surface area contributed by atoms with Gasteiger partial charge in [-0.15, -0.1) is 11.3 Å². The fraction of sp³-hybridized carbons (Fsp3) is 0.222. The molecule has 1 aliphatic heterocycles. The second kappa shape index (κ2) is 4.76. The number of aryl methyl sites for hydroxylation is 1. The molecular formula is C9H9N3O3S2. The smallest absolute Gasteiger partial charge is 0.357 e. The minimum absolute atomic E-state index is 0.0330. The molecule has 2 rings (SSSR count). The van der Waals surface area contributed by atoms with Crippen molar-refractivity contribution in [3.05, 3.63) is 22.2 Å². The molecule has 0 radical (unpaired) electrons. The first-order chi connectivity index (χ1) is 8.10. The summed E-state index contributed by atoms with van der Waals surface area (Å²) < 4.78 is 22.3. The van der Waals surface area contributed by atoms with Crippen molar-refractivity contribution < 1.29 is 13.7 Å². The molecule has 0 saturated heterocycles. The summed E-state index contributed by atoms with van der Waals surface area (Å²) in [6, 6.07) is 0. The van der Waals surface area contributed by atoms with Crippen LogP contribution in [0.4, 0.5) is 0 Å². The zero-order chi connectivity index (χ0) is 12.4. The number of thiazole rings is 1. The molecule has 8 heteroatoms. The van der Waals surface area contributed by atoms with E-state index in [-0.39, 0.29) is 5.71 Å². The van der Waals surface area contributed by atoms with Gasteiger partial charge in [-0.05, 0) is 13.0 Å². The molecular weight excluding hydrogens is 262 g/mol. The Bertz CT molecular complexity index is 547. The van der Waals surface area contributed by atoms with Gasteiger partial charge in [0.25, 0.3) is 0 Å². The zero-order valence-electron chi connectivity index (χ0n) is 9.09. The first-order valence-corrected chi connectivity index (χ1v) is 6.52. The highest BCUT2D eigenvalue weighted by Gasteiger charge is 2.20. The van der Waals surface area contributed by atoms with Crippen LogP contribution in [0.3, 0.4) is 0 Å². The summed E-state index contributed by atoms with van der Waals surface area (Å²) in [6.45, 7) is 1.86. The maximum atomic E-state index is 11.4. The number of ether oxygens (including phenoxy) is 1. The van der Waals surface area contributed by atoms with Crippen LogP contribution in [-0.2, 0) is 20.7 Å². The van der Waals surface area contributed by atoms with Crippen LogP contribution < -0.4 is 4.72 Å². The Kier molecular flexibility index (Phi) is 3.34. The highest BCUT2D eigenvalue weighted by molar-refractivity contribution is 7.82. The van der Waals surface area contributed by atoms with Crippen LogP contribution in [0.25, 0.3) is 5.70 Å². The lowest BCUT2D eigenvalue weighted by Crippen LogP contribution is -2.25. The molecule has 0 aromatic carbocycles. The van der Waals surface area contributed by atoms with Crippen LogP contribution in [0.5, 0.6) is 0 Å². The number of hydrogen-bond acceptors (Lipinski definition) is 5. The van der Waals surface area contributed by atoms with E-state index in [1.54, 1.807) is 6.20 Å². The average Bonchev–Trinajstić information content (AvgIpc) is 2.74. The number of methoxy groups -OCH3 is 1. The molecule has 1 aliphatic rings. The fourth-order valence-electron chi connectivity index (χ4n) is 1.21. The van der Waals surface area contributed by atoms with E-state index >= 15 is 0 Å². The van der Waals surface area contributed by atoms with Crippen molar-refractivity contribution in [3.63, 3.8) is 0 Å². The lowest BCUT2D eigenvalue weighted by molar-refractivity contribution is -0.132. The van der Waals surface area contributed by atoms with Gasteiger partial charge in [-0.1, -0.05) is 0 Å². The Balaban J connectivity index is 2.36. The maximum absolute atomic E-state index is 11.4. The highest BCUT2D eigenvalue weighted by Crippen LogP contribution is 2.21. The number of aromatic nitrogens is 1. The summed E-state index contributed by atoms with van der Waals surface area (Å²) in [5.41, 5.74) is 0.593. The van der Waals surface area contributed by atoms with E-state index in [1.807, 2.05) is 6.92 Å². The van der Waals surface area contributed by atoms with E-state index in [1.165, 1.54) is 24.5 Å². The minimum atomic E-state index is -1.67. The number of carbonyl (C=O) groups excluding carboxylic acids is 1. The molecule has 1 atom stereocenters. The average molecular weight is 271 g/mol. The summed E-state index contributed by atoms with van der Waals surface area (Å²) in [5.74, 6) is -0.612. The van der Waals surface area contributed by atoms with E-state index < -0.39 is 17.1 Å². The van der Waals surface area contributed by atoms with Crippen LogP contribution in [0, 0.1) is 6.92 Å². The summed E-state index contributed by atoms with van der Waals surface area (Å²) in [4.78, 5) is 16.2. The van der Waals surface area contributed by atoms with E-state index in [4.69, 9.17) is 0 Å². The van der Waals surface area contributed by atoms with Gasteiger partial charge < -0.3 is 4.74 Å². The first kappa shape index (κ1) is 11.9. The number of nitrogens with zero attached hydrogens (tertiary/aromatic N) is 2. The van der Waals surface area contributed by atoms with Crippen molar-refractivity contribution in [1.82, 2.24) is 9.71 Å². The molecule has 0 aliphatic carbocycles. The molecule has 2 heterocycles. The second-order valence-electron chi connectivity index (χ2n) is 3.12. The third-order valence-corrected chi connectivity index (χ3v) is 3.64. The van der Waals surface area contributed by atoms with Crippen LogP contribution in [0.1, 0.15) is 9.88 Å². The lowest BCUT2D eigenvalue weighted by atomic mass is 10.3. The molecule has 17 heavy (non-hydrogen) atoms. The summed E-state index contributed by atoms with van der Waals surface area (Å²) in [6.07, 6.45) is 3.15. The first-order valence-electron chi connectivity index (χ1n) is 4.60. The normalized spacial score (nSPS) is 19.1. The molecule has 1 N–H and O–H groups in total. The Morgan fingerprint density at radius 2 is 2.35 bits per heavy atom. The SMILES string of the molecule is COC(=O)C1=NS(=O)NC(c2cnc(C)s2)=C1. The van der Waals surface area contributed by atoms with Gasteiger partial charge in [-0.2, -0.15) is 4.40 Å². The summed E-state index contributed by atoms with van der Waals surface area (Å²) in [7, 11) is 1.25. The number of carbonyl (C=O) groups is 1. The maximum Gasteiger partial charge on any atom is 0.357 e. The van der Waals surface area contributed by atoms with Crippen molar-refractivity contribution in [2.24, 2.45) is 4.40 Å². The number of hydrogen-bond donors (Lipinski definition) is 1.